The maximum Gasteiger partial charge on any atom is 0.360 e. The Morgan fingerprint density at radius 1 is 1.63 bits per heavy atom. The van der Waals surface area contributed by atoms with E-state index >= 15 is 0 Å². The fourth-order valence-electron chi connectivity index (χ4n) is 2.29. The van der Waals surface area contributed by atoms with Crippen LogP contribution in [0.2, 0.25) is 0 Å². The first kappa shape index (κ1) is 14.3. The van der Waals surface area contributed by atoms with E-state index in [0.717, 1.165) is 43.1 Å². The number of methoxy groups -OCH3 is 1. The molecular formula is C12H20N4O2S. The van der Waals surface area contributed by atoms with Crippen LogP contribution in [-0.4, -0.2) is 46.1 Å². The number of aromatic nitrogens is 3. The zero-order valence-electron chi connectivity index (χ0n) is 11.4. The van der Waals surface area contributed by atoms with Crippen LogP contribution in [0.25, 0.3) is 0 Å². The molecule has 2 heterocycles. The first-order valence-corrected chi connectivity index (χ1v) is 7.76. The number of ether oxygens (including phenoxy) is 1. The number of hydrogen-bond donors (Lipinski definition) is 1. The van der Waals surface area contributed by atoms with Gasteiger partial charge in [-0.1, -0.05) is 12.1 Å². The first-order valence-electron chi connectivity index (χ1n) is 6.60. The summed E-state index contributed by atoms with van der Waals surface area (Å²) >= 11 is 1.85. The third kappa shape index (κ3) is 3.27. The molecule has 1 aromatic rings. The molecule has 1 N–H and O–H groups in total. The van der Waals surface area contributed by atoms with Crippen LogP contribution in [0.5, 0.6) is 0 Å². The summed E-state index contributed by atoms with van der Waals surface area (Å²) in [4.78, 5) is 11.8. The largest absolute Gasteiger partial charge is 0.464 e. The Labute approximate surface area is 117 Å². The Morgan fingerprint density at radius 3 is 3.11 bits per heavy atom. The molecule has 1 atom stereocenters. The lowest BCUT2D eigenvalue weighted by atomic mass is 10.1. The van der Waals surface area contributed by atoms with Crippen molar-refractivity contribution in [3.8, 4) is 0 Å². The summed E-state index contributed by atoms with van der Waals surface area (Å²) in [5.41, 5.74) is 1.23. The highest BCUT2D eigenvalue weighted by molar-refractivity contribution is 7.99. The van der Waals surface area contributed by atoms with Crippen LogP contribution in [0.1, 0.15) is 42.0 Å². The summed E-state index contributed by atoms with van der Waals surface area (Å²) in [7, 11) is 1.38. The van der Waals surface area contributed by atoms with Crippen molar-refractivity contribution in [1.82, 2.24) is 20.3 Å². The lowest BCUT2D eigenvalue weighted by molar-refractivity contribution is 0.0591. The first-order chi connectivity index (χ1) is 9.27. The Balaban J connectivity index is 2.21. The predicted octanol–water partition coefficient (Wildman–Crippen LogP) is 1.24. The number of esters is 1. The number of hydrogen-bond acceptors (Lipinski definition) is 6. The van der Waals surface area contributed by atoms with Crippen LogP contribution >= 0.6 is 11.8 Å². The van der Waals surface area contributed by atoms with Gasteiger partial charge in [0.15, 0.2) is 5.69 Å². The minimum absolute atomic E-state index is 0.163. The molecule has 0 radical (unpaired) electrons. The van der Waals surface area contributed by atoms with Crippen molar-refractivity contribution in [2.75, 3.05) is 25.2 Å². The van der Waals surface area contributed by atoms with Gasteiger partial charge in [-0.3, -0.25) is 0 Å². The van der Waals surface area contributed by atoms with E-state index in [2.05, 4.69) is 22.6 Å². The van der Waals surface area contributed by atoms with Crippen molar-refractivity contribution >= 4 is 17.7 Å². The monoisotopic (exact) mass is 284 g/mol. The molecule has 1 fully saturated rings. The van der Waals surface area contributed by atoms with Gasteiger partial charge in [0.2, 0.25) is 0 Å². The number of rotatable bonds is 6. The van der Waals surface area contributed by atoms with Crippen molar-refractivity contribution < 1.29 is 9.53 Å². The Morgan fingerprint density at radius 2 is 2.47 bits per heavy atom. The molecular weight excluding hydrogens is 264 g/mol. The molecule has 19 heavy (non-hydrogen) atoms. The third-order valence-electron chi connectivity index (χ3n) is 3.19. The normalized spacial score (nSPS) is 18.7. The topological polar surface area (TPSA) is 69.0 Å². The molecule has 1 aliphatic rings. The van der Waals surface area contributed by atoms with E-state index in [1.807, 2.05) is 16.4 Å². The standard InChI is InChI=1S/C12H20N4O2S/c1-3-19-8-7-16-11(9-5-4-6-13-9)10(14-15-16)12(17)18-2/h9,13H,3-8H2,1-2H3. The number of carbonyl (C=O) groups excluding carboxylic acids is 1. The van der Waals surface area contributed by atoms with Gasteiger partial charge in [-0.05, 0) is 25.1 Å². The minimum atomic E-state index is -0.405. The van der Waals surface area contributed by atoms with Crippen molar-refractivity contribution in [3.63, 3.8) is 0 Å². The SMILES string of the molecule is CCSCCn1nnc(C(=O)OC)c1C1CCCN1. The van der Waals surface area contributed by atoms with Gasteiger partial charge in [-0.15, -0.1) is 5.10 Å². The number of aryl methyl sites for hydroxylation is 1. The van der Waals surface area contributed by atoms with Crippen LogP contribution in [0, 0.1) is 0 Å². The molecule has 0 saturated carbocycles. The molecule has 1 unspecified atom stereocenters. The highest BCUT2D eigenvalue weighted by Gasteiger charge is 2.28. The van der Waals surface area contributed by atoms with Gasteiger partial charge in [0.25, 0.3) is 0 Å². The van der Waals surface area contributed by atoms with Gasteiger partial charge in [-0.25, -0.2) is 9.48 Å². The lowest BCUT2D eigenvalue weighted by Gasteiger charge is -2.13. The van der Waals surface area contributed by atoms with E-state index in [1.54, 1.807) is 0 Å². The van der Waals surface area contributed by atoms with E-state index in [1.165, 1.54) is 7.11 Å². The van der Waals surface area contributed by atoms with E-state index in [4.69, 9.17) is 4.74 Å². The molecule has 6 nitrogen and oxygen atoms in total. The molecule has 0 amide bonds. The zero-order chi connectivity index (χ0) is 13.7. The fourth-order valence-corrected chi connectivity index (χ4v) is 2.88. The van der Waals surface area contributed by atoms with Gasteiger partial charge in [0.05, 0.1) is 25.4 Å². The lowest BCUT2D eigenvalue weighted by Crippen LogP contribution is -2.21. The highest BCUT2D eigenvalue weighted by Crippen LogP contribution is 2.25. The summed E-state index contributed by atoms with van der Waals surface area (Å²) in [5.74, 6) is 1.65. The summed E-state index contributed by atoms with van der Waals surface area (Å²) in [6.45, 7) is 3.88. The molecule has 1 aliphatic heterocycles. The van der Waals surface area contributed by atoms with Gasteiger partial charge in [0.1, 0.15) is 0 Å². The average molecular weight is 284 g/mol. The molecule has 0 aliphatic carbocycles. The highest BCUT2D eigenvalue weighted by atomic mass is 32.2. The molecule has 7 heteroatoms. The smallest absolute Gasteiger partial charge is 0.360 e. The maximum atomic E-state index is 11.8. The Kier molecular flexibility index (Phi) is 5.21. The fraction of sp³-hybridized carbons (Fsp3) is 0.750. The molecule has 0 aromatic carbocycles. The number of nitrogens with one attached hydrogen (secondary N) is 1. The summed E-state index contributed by atoms with van der Waals surface area (Å²) in [6, 6.07) is 0.163. The molecule has 2 rings (SSSR count). The minimum Gasteiger partial charge on any atom is -0.464 e. The maximum absolute atomic E-state index is 11.8. The molecule has 1 aromatic heterocycles. The van der Waals surface area contributed by atoms with Crippen LogP contribution in [0.4, 0.5) is 0 Å². The Hall–Kier alpha value is -1.08. The number of nitrogens with zero attached hydrogens (tertiary/aromatic N) is 3. The second-order valence-electron chi connectivity index (χ2n) is 4.38. The van der Waals surface area contributed by atoms with Crippen LogP contribution < -0.4 is 5.32 Å². The number of carbonyl (C=O) groups is 1. The zero-order valence-corrected chi connectivity index (χ0v) is 12.2. The van der Waals surface area contributed by atoms with E-state index in [0.29, 0.717) is 5.69 Å². The Bertz CT molecular complexity index is 429. The van der Waals surface area contributed by atoms with Gasteiger partial charge in [0, 0.05) is 5.75 Å². The second kappa shape index (κ2) is 6.91. The average Bonchev–Trinajstić information content (AvgIpc) is 3.06. The van der Waals surface area contributed by atoms with Crippen molar-refractivity contribution in [2.24, 2.45) is 0 Å². The van der Waals surface area contributed by atoms with E-state index < -0.39 is 5.97 Å². The quantitative estimate of drug-likeness (QED) is 0.626. The van der Waals surface area contributed by atoms with Crippen LogP contribution in [0.3, 0.4) is 0 Å². The second-order valence-corrected chi connectivity index (χ2v) is 5.78. The van der Waals surface area contributed by atoms with E-state index in [9.17, 15) is 4.79 Å². The van der Waals surface area contributed by atoms with E-state index in [-0.39, 0.29) is 6.04 Å². The number of thioether (sulfide) groups is 1. The summed E-state index contributed by atoms with van der Waals surface area (Å²) in [6.07, 6.45) is 2.12. The third-order valence-corrected chi connectivity index (χ3v) is 4.07. The molecule has 0 bridgehead atoms. The van der Waals surface area contributed by atoms with Crippen molar-refractivity contribution in [2.45, 2.75) is 32.4 Å². The summed E-state index contributed by atoms with van der Waals surface area (Å²) < 4.78 is 6.63. The van der Waals surface area contributed by atoms with Crippen LogP contribution in [-0.2, 0) is 11.3 Å². The van der Waals surface area contributed by atoms with Gasteiger partial charge in [-0.2, -0.15) is 11.8 Å². The summed E-state index contributed by atoms with van der Waals surface area (Å²) in [5, 5.41) is 11.5. The van der Waals surface area contributed by atoms with Crippen LogP contribution in [0.15, 0.2) is 0 Å². The van der Waals surface area contributed by atoms with Gasteiger partial charge < -0.3 is 10.1 Å². The van der Waals surface area contributed by atoms with Crippen molar-refractivity contribution in [3.05, 3.63) is 11.4 Å². The molecule has 1 saturated heterocycles. The molecule has 106 valence electrons. The predicted molar refractivity (Wildman–Crippen MR) is 74.3 cm³/mol. The van der Waals surface area contributed by atoms with Crippen molar-refractivity contribution in [1.29, 1.82) is 0 Å². The van der Waals surface area contributed by atoms with Gasteiger partial charge >= 0.3 is 5.97 Å². The molecule has 0 spiro atoms.